The molecule has 0 spiro atoms. The first kappa shape index (κ1) is 14.7. The summed E-state index contributed by atoms with van der Waals surface area (Å²) in [7, 11) is 0. The van der Waals surface area contributed by atoms with E-state index in [2.05, 4.69) is 13.8 Å². The van der Waals surface area contributed by atoms with Crippen molar-refractivity contribution < 1.29 is 9.59 Å². The molecular weight excluding hydrogens is 272 g/mol. The van der Waals surface area contributed by atoms with Crippen molar-refractivity contribution in [2.45, 2.75) is 65.2 Å². The fourth-order valence-electron chi connectivity index (χ4n) is 6.57. The predicted octanol–water partition coefficient (Wildman–Crippen LogP) is 4.33. The first-order valence-electron chi connectivity index (χ1n) is 9.31. The minimum Gasteiger partial charge on any atom is -0.299 e. The Hall–Kier alpha value is -0.920. The van der Waals surface area contributed by atoms with Crippen LogP contribution in [0.4, 0.5) is 0 Å². The van der Waals surface area contributed by atoms with Crippen molar-refractivity contribution in [2.75, 3.05) is 0 Å². The van der Waals surface area contributed by atoms with E-state index in [1.807, 2.05) is 6.08 Å². The lowest BCUT2D eigenvalue weighted by Crippen LogP contribution is -2.49. The average Bonchev–Trinajstić information content (AvgIpc) is 2.81. The average molecular weight is 300 g/mol. The summed E-state index contributed by atoms with van der Waals surface area (Å²) in [5.41, 5.74) is 1.43. The molecule has 0 saturated heterocycles. The van der Waals surface area contributed by atoms with E-state index >= 15 is 0 Å². The molecule has 6 unspecified atom stereocenters. The third-order valence-corrected chi connectivity index (χ3v) is 7.70. The molecule has 4 rings (SSSR count). The Morgan fingerprint density at radius 3 is 2.77 bits per heavy atom. The van der Waals surface area contributed by atoms with Crippen LogP contribution in [0.15, 0.2) is 11.6 Å². The van der Waals surface area contributed by atoms with E-state index in [1.54, 1.807) is 0 Å². The largest absolute Gasteiger partial charge is 0.299 e. The molecule has 3 saturated carbocycles. The van der Waals surface area contributed by atoms with Gasteiger partial charge in [-0.1, -0.05) is 25.8 Å². The molecule has 0 aromatic rings. The molecule has 0 bridgehead atoms. The molecule has 0 radical (unpaired) electrons. The van der Waals surface area contributed by atoms with Gasteiger partial charge in [-0.3, -0.25) is 9.59 Å². The van der Waals surface area contributed by atoms with Gasteiger partial charge < -0.3 is 0 Å². The van der Waals surface area contributed by atoms with Crippen molar-refractivity contribution in [2.24, 2.45) is 35.0 Å². The first-order valence-corrected chi connectivity index (χ1v) is 9.31. The fraction of sp³-hybridized carbons (Fsp3) is 0.800. The highest BCUT2D eigenvalue weighted by atomic mass is 16.1. The monoisotopic (exact) mass is 300 g/mol. The van der Waals surface area contributed by atoms with Gasteiger partial charge in [0.25, 0.3) is 0 Å². The maximum Gasteiger partial charge on any atom is 0.155 e. The van der Waals surface area contributed by atoms with Crippen LogP contribution >= 0.6 is 0 Å². The molecule has 0 aromatic heterocycles. The lowest BCUT2D eigenvalue weighted by molar-refractivity contribution is -0.132. The van der Waals surface area contributed by atoms with Crippen molar-refractivity contribution in [3.05, 3.63) is 11.6 Å². The second-order valence-electron chi connectivity index (χ2n) is 8.47. The summed E-state index contributed by atoms with van der Waals surface area (Å²) in [4.78, 5) is 24.3. The Morgan fingerprint density at radius 1 is 1.18 bits per heavy atom. The maximum absolute atomic E-state index is 12.5. The number of rotatable bonds is 1. The molecular formula is C20H28O2. The second-order valence-corrected chi connectivity index (χ2v) is 8.47. The van der Waals surface area contributed by atoms with Crippen molar-refractivity contribution in [1.29, 1.82) is 0 Å². The lowest BCUT2D eigenvalue weighted by Gasteiger charge is -2.55. The molecule has 0 amide bonds. The third-order valence-electron chi connectivity index (χ3n) is 7.70. The summed E-state index contributed by atoms with van der Waals surface area (Å²) in [6, 6.07) is 0. The van der Waals surface area contributed by atoms with Crippen LogP contribution in [0.1, 0.15) is 65.2 Å². The highest BCUT2D eigenvalue weighted by molar-refractivity contribution is 5.91. The van der Waals surface area contributed by atoms with Gasteiger partial charge in [-0.05, 0) is 67.8 Å². The predicted molar refractivity (Wildman–Crippen MR) is 86.3 cm³/mol. The van der Waals surface area contributed by atoms with E-state index < -0.39 is 0 Å². The minimum absolute atomic E-state index is 0.0275. The van der Waals surface area contributed by atoms with Crippen molar-refractivity contribution in [3.63, 3.8) is 0 Å². The van der Waals surface area contributed by atoms with Crippen LogP contribution < -0.4 is 0 Å². The van der Waals surface area contributed by atoms with Gasteiger partial charge >= 0.3 is 0 Å². The third kappa shape index (κ3) is 1.91. The van der Waals surface area contributed by atoms with Gasteiger partial charge in [-0.2, -0.15) is 0 Å². The number of hydrogen-bond acceptors (Lipinski definition) is 2. The summed E-state index contributed by atoms with van der Waals surface area (Å²) < 4.78 is 0. The fourth-order valence-corrected chi connectivity index (χ4v) is 6.57. The Bertz CT molecular complexity index is 546. The van der Waals surface area contributed by atoms with E-state index in [0.29, 0.717) is 29.3 Å². The summed E-state index contributed by atoms with van der Waals surface area (Å²) >= 11 is 0. The van der Waals surface area contributed by atoms with Crippen LogP contribution in [0.2, 0.25) is 0 Å². The topological polar surface area (TPSA) is 34.1 Å². The van der Waals surface area contributed by atoms with Gasteiger partial charge in [0.15, 0.2) is 5.78 Å². The second kappa shape index (κ2) is 5.04. The molecule has 0 aromatic carbocycles. The smallest absolute Gasteiger partial charge is 0.155 e. The summed E-state index contributed by atoms with van der Waals surface area (Å²) in [6.45, 7) is 4.56. The first-order chi connectivity index (χ1) is 10.5. The molecule has 120 valence electrons. The number of carbonyl (C=O) groups is 2. The van der Waals surface area contributed by atoms with Gasteiger partial charge in [0.2, 0.25) is 0 Å². The molecule has 2 heteroatoms. The molecule has 2 nitrogen and oxygen atoms in total. The highest BCUT2D eigenvalue weighted by Gasteiger charge is 2.58. The Morgan fingerprint density at radius 2 is 2.00 bits per heavy atom. The number of hydrogen-bond donors (Lipinski definition) is 0. The van der Waals surface area contributed by atoms with E-state index in [9.17, 15) is 9.59 Å². The van der Waals surface area contributed by atoms with Gasteiger partial charge in [-0.25, -0.2) is 0 Å². The van der Waals surface area contributed by atoms with Crippen molar-refractivity contribution >= 4 is 11.6 Å². The van der Waals surface area contributed by atoms with Crippen LogP contribution in [-0.4, -0.2) is 11.6 Å². The minimum atomic E-state index is -0.0275. The molecule has 4 aliphatic rings. The summed E-state index contributed by atoms with van der Waals surface area (Å²) in [5, 5.41) is 0. The molecule has 3 fully saturated rings. The molecule has 0 aliphatic heterocycles. The van der Waals surface area contributed by atoms with Crippen molar-refractivity contribution in [3.8, 4) is 0 Å². The van der Waals surface area contributed by atoms with Crippen LogP contribution in [0.3, 0.4) is 0 Å². The number of Topliss-reactive ketones (excluding diaryl/α,β-unsaturated/α-hetero) is 1. The van der Waals surface area contributed by atoms with Crippen LogP contribution in [0.25, 0.3) is 0 Å². The van der Waals surface area contributed by atoms with Gasteiger partial charge in [0.05, 0.1) is 0 Å². The van der Waals surface area contributed by atoms with E-state index in [-0.39, 0.29) is 5.41 Å². The number of allylic oxidation sites excluding steroid dienone is 1. The number of ketones is 2. The highest BCUT2D eigenvalue weighted by Crippen LogP contribution is 2.62. The summed E-state index contributed by atoms with van der Waals surface area (Å²) in [5.74, 6) is 4.29. The maximum atomic E-state index is 12.5. The van der Waals surface area contributed by atoms with Gasteiger partial charge in [0.1, 0.15) is 5.78 Å². The zero-order valence-corrected chi connectivity index (χ0v) is 13.9. The molecule has 22 heavy (non-hydrogen) atoms. The zero-order chi connectivity index (χ0) is 15.5. The SMILES string of the molecule is CCC1CC2=CC(=O)CCC2C2CCC3(C)C(=O)CCC3C12. The normalized spacial score (nSPS) is 47.5. The number of fused-ring (bicyclic) bond motifs is 5. The number of carbonyl (C=O) groups excluding carboxylic acids is 2. The van der Waals surface area contributed by atoms with E-state index in [0.717, 1.165) is 50.4 Å². The van der Waals surface area contributed by atoms with E-state index in [4.69, 9.17) is 0 Å². The molecule has 6 atom stereocenters. The van der Waals surface area contributed by atoms with Crippen LogP contribution in [0.5, 0.6) is 0 Å². The molecule has 4 aliphatic carbocycles. The Kier molecular flexibility index (Phi) is 3.36. The van der Waals surface area contributed by atoms with E-state index in [1.165, 1.54) is 18.4 Å². The molecule has 0 heterocycles. The van der Waals surface area contributed by atoms with Crippen LogP contribution in [0, 0.1) is 35.0 Å². The zero-order valence-electron chi connectivity index (χ0n) is 13.9. The van der Waals surface area contributed by atoms with Crippen LogP contribution in [-0.2, 0) is 9.59 Å². The Balaban J connectivity index is 1.71. The Labute approximate surface area is 133 Å². The quantitative estimate of drug-likeness (QED) is 0.722. The molecule has 0 N–H and O–H groups in total. The summed E-state index contributed by atoms with van der Waals surface area (Å²) in [6.07, 6.45) is 10.3. The van der Waals surface area contributed by atoms with Crippen molar-refractivity contribution in [1.82, 2.24) is 0 Å². The van der Waals surface area contributed by atoms with Gasteiger partial charge in [0, 0.05) is 18.3 Å². The van der Waals surface area contributed by atoms with Gasteiger partial charge in [-0.15, -0.1) is 0 Å². The standard InChI is InChI=1S/C20H28O2/c1-3-12-10-13-11-14(21)4-5-15(13)16-8-9-20(2)17(19(12)16)6-7-18(20)22/h11-12,15-17,19H,3-10H2,1-2H3. The lowest BCUT2D eigenvalue weighted by atomic mass is 9.49.